The predicted molar refractivity (Wildman–Crippen MR) is 300 cm³/mol. The third-order valence-corrected chi connectivity index (χ3v) is 16.9. The van der Waals surface area contributed by atoms with Crippen molar-refractivity contribution in [2.24, 2.45) is 0 Å². The molecule has 0 saturated heterocycles. The van der Waals surface area contributed by atoms with Gasteiger partial charge in [-0.1, -0.05) is 208 Å². The van der Waals surface area contributed by atoms with Crippen LogP contribution in [0.2, 0.25) is 0 Å². The average Bonchev–Trinajstić information content (AvgIpc) is 4.13. The molecule has 12 aromatic carbocycles. The molecule has 3 aliphatic carbocycles. The number of hydrogen-bond acceptors (Lipinski definition) is 2. The molecule has 0 amide bonds. The molecule has 1 aromatic heterocycles. The van der Waals surface area contributed by atoms with Gasteiger partial charge in [0.2, 0.25) is 0 Å². The fraction of sp³-hybridized carbons (Fsp3) is 0.0571. The zero-order valence-corrected chi connectivity index (χ0v) is 39.9. The van der Waals surface area contributed by atoms with Crippen LogP contribution < -0.4 is 4.90 Å². The number of anilines is 3. The van der Waals surface area contributed by atoms with Crippen LogP contribution in [-0.4, -0.2) is 0 Å². The Bertz CT molecular complexity index is 4430. The lowest BCUT2D eigenvalue weighted by atomic mass is 9.70. The lowest BCUT2D eigenvalue weighted by Crippen LogP contribution is -2.26. The van der Waals surface area contributed by atoms with E-state index >= 15 is 0 Å². The lowest BCUT2D eigenvalue weighted by molar-refractivity contribution is 0.660. The van der Waals surface area contributed by atoms with Crippen molar-refractivity contribution in [1.29, 1.82) is 0 Å². The number of para-hydroxylation sites is 2. The van der Waals surface area contributed by atoms with Crippen molar-refractivity contribution in [2.45, 2.75) is 24.7 Å². The third kappa shape index (κ3) is 5.08. The maximum atomic E-state index is 7.01. The molecule has 1 heterocycles. The minimum Gasteiger partial charge on any atom is -0.455 e. The normalized spacial score (nSPS) is 14.2. The summed E-state index contributed by atoms with van der Waals surface area (Å²) in [6.07, 6.45) is 0. The molecular formula is C70H45NO. The smallest absolute Gasteiger partial charge is 0.143 e. The number of hydrogen-bond donors (Lipinski definition) is 0. The molecule has 13 aromatic rings. The molecule has 2 nitrogen and oxygen atoms in total. The molecule has 0 N–H and O–H groups in total. The van der Waals surface area contributed by atoms with Crippen LogP contribution in [0.15, 0.2) is 241 Å². The molecule has 72 heavy (non-hydrogen) atoms. The molecule has 0 aliphatic heterocycles. The summed E-state index contributed by atoms with van der Waals surface area (Å²) in [5.41, 5.74) is 22.1. The van der Waals surface area contributed by atoms with E-state index < -0.39 is 5.41 Å². The van der Waals surface area contributed by atoms with Crippen molar-refractivity contribution < 1.29 is 4.42 Å². The highest BCUT2D eigenvalue weighted by atomic mass is 16.3. The second kappa shape index (κ2) is 14.3. The number of fused-ring (bicyclic) bond motifs is 22. The first-order chi connectivity index (χ1) is 35.5. The second-order valence-electron chi connectivity index (χ2n) is 20.6. The van der Waals surface area contributed by atoms with Crippen molar-refractivity contribution >= 4 is 71.3 Å². The molecule has 0 saturated carbocycles. The van der Waals surface area contributed by atoms with E-state index in [1.165, 1.54) is 99.1 Å². The highest BCUT2D eigenvalue weighted by molar-refractivity contribution is 6.26. The summed E-state index contributed by atoms with van der Waals surface area (Å²) >= 11 is 0. The van der Waals surface area contributed by atoms with Gasteiger partial charge in [0, 0.05) is 38.7 Å². The molecular weight excluding hydrogens is 871 g/mol. The molecule has 2 heteroatoms. The Hall–Kier alpha value is -8.98. The van der Waals surface area contributed by atoms with Crippen LogP contribution >= 0.6 is 0 Å². The van der Waals surface area contributed by atoms with Gasteiger partial charge >= 0.3 is 0 Å². The lowest BCUT2D eigenvalue weighted by Gasteiger charge is -2.34. The van der Waals surface area contributed by atoms with Crippen LogP contribution in [0.5, 0.6) is 0 Å². The van der Waals surface area contributed by atoms with Gasteiger partial charge in [-0.2, -0.15) is 0 Å². The number of nitrogens with zero attached hydrogens (tertiary/aromatic N) is 1. The van der Waals surface area contributed by atoms with Crippen molar-refractivity contribution in [1.82, 2.24) is 0 Å². The van der Waals surface area contributed by atoms with Crippen LogP contribution in [0.3, 0.4) is 0 Å². The summed E-state index contributed by atoms with van der Waals surface area (Å²) < 4.78 is 7.01. The molecule has 0 radical (unpaired) electrons. The molecule has 3 aliphatic rings. The third-order valence-electron chi connectivity index (χ3n) is 16.9. The van der Waals surface area contributed by atoms with E-state index in [9.17, 15) is 0 Å². The number of furan rings is 1. The van der Waals surface area contributed by atoms with Gasteiger partial charge in [-0.05, 0) is 142 Å². The van der Waals surface area contributed by atoms with Crippen LogP contribution in [-0.2, 0) is 10.8 Å². The molecule has 0 fully saturated rings. The minimum atomic E-state index is -0.552. The maximum absolute atomic E-state index is 7.01. The van der Waals surface area contributed by atoms with E-state index in [1.807, 2.05) is 0 Å². The van der Waals surface area contributed by atoms with Crippen LogP contribution in [0, 0.1) is 0 Å². The average molecular weight is 916 g/mol. The standard InChI is InChI=1S/C70H45NO/c1-69(2)60-29-12-7-22-49(60)53-37-35-43(39-64(53)69)71(42-34-36-48-46-20-4-3-18-44(46)45-19-5-6-21-47(45)57(48)38-42)66-41-65-58(40-59(66)56-28-17-27-55-54-26-11-16-33-67(54)72-68(55)56)52-25-10-15-32-63(52)70(65)61-30-13-8-23-50(61)51-24-9-14-31-62(51)70/h3-41H,1-2H3. The van der Waals surface area contributed by atoms with Gasteiger partial charge in [0.15, 0.2) is 0 Å². The summed E-state index contributed by atoms with van der Waals surface area (Å²) in [4.78, 5) is 2.57. The molecule has 1 spiro atoms. The Morgan fingerprint density at radius 1 is 0.292 bits per heavy atom. The summed E-state index contributed by atoms with van der Waals surface area (Å²) in [5.74, 6) is 0. The fourth-order valence-corrected chi connectivity index (χ4v) is 13.8. The molecule has 0 atom stereocenters. The van der Waals surface area contributed by atoms with Gasteiger partial charge < -0.3 is 9.32 Å². The van der Waals surface area contributed by atoms with Gasteiger partial charge in [0.05, 0.1) is 11.1 Å². The van der Waals surface area contributed by atoms with Crippen LogP contribution in [0.25, 0.3) is 98.8 Å². The quantitative estimate of drug-likeness (QED) is 0.164. The first-order valence-corrected chi connectivity index (χ1v) is 25.2. The highest BCUT2D eigenvalue weighted by Gasteiger charge is 2.52. The SMILES string of the molecule is CC1(C)c2ccccc2-c2ccc(N(c3ccc4c5ccccc5c5ccccc5c4c3)c3cc4c(cc3-c3cccc5c3oc3ccccc35)-c3ccccc3C43c4ccccc4-c4ccccc43)cc21. The summed E-state index contributed by atoms with van der Waals surface area (Å²) in [5, 5.41) is 9.73. The van der Waals surface area contributed by atoms with E-state index in [-0.39, 0.29) is 5.41 Å². The highest BCUT2D eigenvalue weighted by Crippen LogP contribution is 2.65. The van der Waals surface area contributed by atoms with E-state index in [2.05, 4.69) is 255 Å². The zero-order chi connectivity index (χ0) is 47.5. The fourth-order valence-electron chi connectivity index (χ4n) is 13.8. The molecule has 336 valence electrons. The van der Waals surface area contributed by atoms with Gasteiger partial charge in [-0.3, -0.25) is 0 Å². The van der Waals surface area contributed by atoms with E-state index in [1.54, 1.807) is 0 Å². The van der Waals surface area contributed by atoms with Crippen molar-refractivity contribution in [3.05, 3.63) is 270 Å². The molecule has 16 rings (SSSR count). The summed E-state index contributed by atoms with van der Waals surface area (Å²) in [7, 11) is 0. The van der Waals surface area contributed by atoms with Gasteiger partial charge in [0.25, 0.3) is 0 Å². The van der Waals surface area contributed by atoms with E-state index in [0.29, 0.717) is 0 Å². The van der Waals surface area contributed by atoms with Gasteiger partial charge in [-0.15, -0.1) is 0 Å². The minimum absolute atomic E-state index is 0.213. The van der Waals surface area contributed by atoms with Crippen molar-refractivity contribution in [2.75, 3.05) is 4.90 Å². The van der Waals surface area contributed by atoms with Gasteiger partial charge in [-0.25, -0.2) is 0 Å². The first-order valence-electron chi connectivity index (χ1n) is 25.2. The number of benzene rings is 12. The van der Waals surface area contributed by atoms with Crippen molar-refractivity contribution in [3.63, 3.8) is 0 Å². The Morgan fingerprint density at radius 2 is 0.750 bits per heavy atom. The molecule has 0 bridgehead atoms. The number of rotatable bonds is 4. The maximum Gasteiger partial charge on any atom is 0.143 e. The Kier molecular flexibility index (Phi) is 7.92. The topological polar surface area (TPSA) is 16.4 Å². The molecule has 0 unspecified atom stereocenters. The van der Waals surface area contributed by atoms with E-state index in [4.69, 9.17) is 4.42 Å². The predicted octanol–water partition coefficient (Wildman–Crippen LogP) is 18.8. The van der Waals surface area contributed by atoms with Crippen LogP contribution in [0.1, 0.15) is 47.2 Å². The first kappa shape index (κ1) is 39.8. The van der Waals surface area contributed by atoms with E-state index in [0.717, 1.165) is 50.1 Å². The largest absolute Gasteiger partial charge is 0.455 e. The Labute approximate surface area is 417 Å². The monoisotopic (exact) mass is 915 g/mol. The van der Waals surface area contributed by atoms with Crippen molar-refractivity contribution in [3.8, 4) is 44.5 Å². The summed E-state index contributed by atoms with van der Waals surface area (Å²) in [6, 6.07) is 88.8. The summed E-state index contributed by atoms with van der Waals surface area (Å²) in [6.45, 7) is 4.77. The second-order valence-corrected chi connectivity index (χ2v) is 20.6. The Morgan fingerprint density at radius 3 is 1.40 bits per heavy atom. The van der Waals surface area contributed by atoms with Crippen LogP contribution in [0.4, 0.5) is 17.1 Å². The van der Waals surface area contributed by atoms with Gasteiger partial charge in [0.1, 0.15) is 11.2 Å². The zero-order valence-electron chi connectivity index (χ0n) is 39.9. The Balaban J connectivity index is 1.07.